The number of aromatic nitrogens is 2. The molecule has 0 aliphatic rings. The van der Waals surface area contributed by atoms with Crippen molar-refractivity contribution in [3.05, 3.63) is 76.3 Å². The normalized spacial score (nSPS) is 9.78. The molecular formula is C18H9ClFN3. The summed E-state index contributed by atoms with van der Waals surface area (Å²) in [5.74, 6) is 5.45. The van der Waals surface area contributed by atoms with Gasteiger partial charge in [0.15, 0.2) is 5.69 Å². The Morgan fingerprint density at radius 2 is 1.83 bits per heavy atom. The SMILES string of the molecule is N#Cc1nc(-c2c(F)cccc2Cl)[nH]c1C#Cc1ccccc1. The molecule has 1 N–H and O–H groups in total. The largest absolute Gasteiger partial charge is 0.330 e. The summed E-state index contributed by atoms with van der Waals surface area (Å²) in [6.07, 6.45) is 0. The summed E-state index contributed by atoms with van der Waals surface area (Å²) < 4.78 is 14.0. The van der Waals surface area contributed by atoms with Crippen molar-refractivity contribution in [2.75, 3.05) is 0 Å². The minimum absolute atomic E-state index is 0.0998. The van der Waals surface area contributed by atoms with E-state index in [0.29, 0.717) is 5.69 Å². The molecule has 0 unspecified atom stereocenters. The number of imidazole rings is 1. The zero-order valence-electron chi connectivity index (χ0n) is 11.8. The molecule has 3 rings (SSSR count). The summed E-state index contributed by atoms with van der Waals surface area (Å²) in [6.45, 7) is 0. The maximum Gasteiger partial charge on any atom is 0.175 e. The Labute approximate surface area is 137 Å². The molecule has 0 amide bonds. The van der Waals surface area contributed by atoms with E-state index in [-0.39, 0.29) is 22.1 Å². The number of nitriles is 1. The molecule has 3 nitrogen and oxygen atoms in total. The Kier molecular flexibility index (Phi) is 4.10. The average Bonchev–Trinajstić information content (AvgIpc) is 2.96. The van der Waals surface area contributed by atoms with Crippen LogP contribution in [0.5, 0.6) is 0 Å². The third-order valence-corrected chi connectivity index (χ3v) is 3.43. The second-order valence-corrected chi connectivity index (χ2v) is 5.04. The van der Waals surface area contributed by atoms with Gasteiger partial charge in [-0.2, -0.15) is 5.26 Å². The van der Waals surface area contributed by atoms with Crippen molar-refractivity contribution in [3.8, 4) is 29.3 Å². The Balaban J connectivity index is 2.06. The molecule has 0 aliphatic heterocycles. The van der Waals surface area contributed by atoms with Crippen LogP contribution >= 0.6 is 11.6 Å². The van der Waals surface area contributed by atoms with Gasteiger partial charge in [0, 0.05) is 5.56 Å². The number of benzene rings is 2. The van der Waals surface area contributed by atoms with Gasteiger partial charge < -0.3 is 4.98 Å². The molecule has 110 valence electrons. The number of nitrogens with zero attached hydrogens (tertiary/aromatic N) is 2. The third-order valence-electron chi connectivity index (χ3n) is 3.11. The van der Waals surface area contributed by atoms with Crippen molar-refractivity contribution in [1.29, 1.82) is 5.26 Å². The Bertz CT molecular complexity index is 939. The highest BCUT2D eigenvalue weighted by atomic mass is 35.5. The van der Waals surface area contributed by atoms with Crippen LogP contribution in [-0.2, 0) is 0 Å². The number of hydrogen-bond acceptors (Lipinski definition) is 2. The summed E-state index contributed by atoms with van der Waals surface area (Å²) in [5, 5.41) is 9.40. The van der Waals surface area contributed by atoms with E-state index in [2.05, 4.69) is 21.8 Å². The summed E-state index contributed by atoms with van der Waals surface area (Å²) in [5.41, 5.74) is 1.35. The highest BCUT2D eigenvalue weighted by molar-refractivity contribution is 6.33. The molecule has 2 aromatic carbocycles. The number of H-pyrrole nitrogens is 1. The molecule has 5 heteroatoms. The fraction of sp³-hybridized carbons (Fsp3) is 0. The van der Waals surface area contributed by atoms with Gasteiger partial charge in [-0.1, -0.05) is 41.8 Å². The molecule has 0 spiro atoms. The topological polar surface area (TPSA) is 52.5 Å². The molecule has 1 heterocycles. The van der Waals surface area contributed by atoms with Gasteiger partial charge in [0.05, 0.1) is 10.6 Å². The predicted molar refractivity (Wildman–Crippen MR) is 86.1 cm³/mol. The smallest absolute Gasteiger partial charge is 0.175 e. The van der Waals surface area contributed by atoms with E-state index in [1.165, 1.54) is 12.1 Å². The van der Waals surface area contributed by atoms with Gasteiger partial charge in [-0.05, 0) is 30.2 Å². The Hall–Kier alpha value is -3.08. The fourth-order valence-electron chi connectivity index (χ4n) is 2.04. The fourth-order valence-corrected chi connectivity index (χ4v) is 2.30. The van der Waals surface area contributed by atoms with E-state index < -0.39 is 5.82 Å². The molecule has 1 aromatic heterocycles. The zero-order chi connectivity index (χ0) is 16.2. The van der Waals surface area contributed by atoms with E-state index >= 15 is 0 Å². The molecule has 0 fully saturated rings. The van der Waals surface area contributed by atoms with Crippen molar-refractivity contribution in [2.45, 2.75) is 0 Å². The highest BCUT2D eigenvalue weighted by Crippen LogP contribution is 2.29. The number of hydrogen-bond donors (Lipinski definition) is 1. The van der Waals surface area contributed by atoms with E-state index in [1.54, 1.807) is 6.07 Å². The van der Waals surface area contributed by atoms with Crippen LogP contribution < -0.4 is 0 Å². The molecule has 0 aliphatic carbocycles. The summed E-state index contributed by atoms with van der Waals surface area (Å²) in [6, 6.07) is 15.6. The number of rotatable bonds is 1. The first-order chi connectivity index (χ1) is 11.2. The number of aromatic amines is 1. The van der Waals surface area contributed by atoms with Crippen LogP contribution in [0.3, 0.4) is 0 Å². The lowest BCUT2D eigenvalue weighted by atomic mass is 10.2. The van der Waals surface area contributed by atoms with Gasteiger partial charge in [-0.3, -0.25) is 0 Å². The van der Waals surface area contributed by atoms with Crippen LogP contribution in [0.15, 0.2) is 48.5 Å². The van der Waals surface area contributed by atoms with E-state index in [0.717, 1.165) is 5.56 Å². The quantitative estimate of drug-likeness (QED) is 0.685. The molecule has 23 heavy (non-hydrogen) atoms. The second-order valence-electron chi connectivity index (χ2n) is 4.63. The van der Waals surface area contributed by atoms with Crippen molar-refractivity contribution in [3.63, 3.8) is 0 Å². The van der Waals surface area contributed by atoms with Gasteiger partial charge in [-0.25, -0.2) is 9.37 Å². The third kappa shape index (κ3) is 3.08. The zero-order valence-corrected chi connectivity index (χ0v) is 12.5. The molecule has 0 bridgehead atoms. The summed E-state index contributed by atoms with van der Waals surface area (Å²) >= 11 is 6.02. The van der Waals surface area contributed by atoms with Crippen molar-refractivity contribution in [1.82, 2.24) is 9.97 Å². The standard InChI is InChI=1S/C18H9ClFN3/c19-13-7-4-8-14(20)17(13)18-22-15(16(11-21)23-18)10-9-12-5-2-1-3-6-12/h1-8H,(H,22,23). The molecular weight excluding hydrogens is 313 g/mol. The lowest BCUT2D eigenvalue weighted by Crippen LogP contribution is -1.88. The molecule has 0 saturated heterocycles. The van der Waals surface area contributed by atoms with Crippen LogP contribution in [0, 0.1) is 29.0 Å². The van der Waals surface area contributed by atoms with Crippen molar-refractivity contribution in [2.24, 2.45) is 0 Å². The summed E-state index contributed by atoms with van der Waals surface area (Å²) in [7, 11) is 0. The van der Waals surface area contributed by atoms with E-state index in [9.17, 15) is 9.65 Å². The lowest BCUT2D eigenvalue weighted by molar-refractivity contribution is 0.630. The van der Waals surface area contributed by atoms with Gasteiger partial charge in [0.25, 0.3) is 0 Å². The maximum absolute atomic E-state index is 14.0. The van der Waals surface area contributed by atoms with E-state index in [4.69, 9.17) is 11.6 Å². The van der Waals surface area contributed by atoms with Gasteiger partial charge in [0.2, 0.25) is 0 Å². The predicted octanol–water partition coefficient (Wildman–Crippen LogP) is 4.14. The lowest BCUT2D eigenvalue weighted by Gasteiger charge is -2.01. The minimum Gasteiger partial charge on any atom is -0.330 e. The number of nitrogens with one attached hydrogen (secondary N) is 1. The molecule has 0 saturated carbocycles. The van der Waals surface area contributed by atoms with E-state index in [1.807, 2.05) is 36.4 Å². The molecule has 0 radical (unpaired) electrons. The first-order valence-electron chi connectivity index (χ1n) is 6.70. The minimum atomic E-state index is -0.515. The van der Waals surface area contributed by atoms with Crippen LogP contribution in [-0.4, -0.2) is 9.97 Å². The van der Waals surface area contributed by atoms with Crippen LogP contribution in [0.25, 0.3) is 11.4 Å². The molecule has 0 atom stereocenters. The van der Waals surface area contributed by atoms with Crippen LogP contribution in [0.1, 0.15) is 17.0 Å². The monoisotopic (exact) mass is 321 g/mol. The maximum atomic E-state index is 14.0. The first kappa shape index (κ1) is 14.8. The molecule has 3 aromatic rings. The van der Waals surface area contributed by atoms with Crippen molar-refractivity contribution < 1.29 is 4.39 Å². The van der Waals surface area contributed by atoms with Crippen LogP contribution in [0.4, 0.5) is 4.39 Å². The highest BCUT2D eigenvalue weighted by Gasteiger charge is 2.16. The Morgan fingerprint density at radius 1 is 1.04 bits per heavy atom. The first-order valence-corrected chi connectivity index (χ1v) is 7.08. The number of halogens is 2. The van der Waals surface area contributed by atoms with Gasteiger partial charge >= 0.3 is 0 Å². The average molecular weight is 322 g/mol. The van der Waals surface area contributed by atoms with Gasteiger partial charge in [-0.15, -0.1) is 0 Å². The van der Waals surface area contributed by atoms with Gasteiger partial charge in [0.1, 0.15) is 23.4 Å². The Morgan fingerprint density at radius 3 is 2.52 bits per heavy atom. The van der Waals surface area contributed by atoms with Crippen molar-refractivity contribution >= 4 is 11.6 Å². The summed E-state index contributed by atoms with van der Waals surface area (Å²) in [4.78, 5) is 6.96. The van der Waals surface area contributed by atoms with Crippen LogP contribution in [0.2, 0.25) is 5.02 Å². The second kappa shape index (κ2) is 6.36.